The Labute approximate surface area is 160 Å². The maximum Gasteiger partial charge on any atom is 0.417 e. The van der Waals surface area contributed by atoms with Crippen molar-refractivity contribution in [1.82, 2.24) is 4.90 Å². The lowest BCUT2D eigenvalue weighted by Gasteiger charge is -2.31. The molecule has 1 saturated carbocycles. The van der Waals surface area contributed by atoms with Crippen molar-refractivity contribution in [3.8, 4) is 6.07 Å². The van der Waals surface area contributed by atoms with E-state index < -0.39 is 34.8 Å². The highest BCUT2D eigenvalue weighted by Crippen LogP contribution is 2.44. The monoisotopic (exact) mass is 395 g/mol. The molecule has 1 aromatic carbocycles. The number of carbonyl (C=O) groups is 2. The number of imide groups is 1. The average Bonchev–Trinajstić information content (AvgIpc) is 3.21. The zero-order chi connectivity index (χ0) is 20.5. The van der Waals surface area contributed by atoms with Gasteiger partial charge in [-0.1, -0.05) is 12.8 Å². The number of rotatable bonds is 5. The summed E-state index contributed by atoms with van der Waals surface area (Å²) >= 11 is 0. The molecule has 0 radical (unpaired) electrons. The Bertz CT molecular complexity index is 826. The lowest BCUT2D eigenvalue weighted by Crippen LogP contribution is -2.47. The van der Waals surface area contributed by atoms with Gasteiger partial charge in [0.05, 0.1) is 22.9 Å². The summed E-state index contributed by atoms with van der Waals surface area (Å²) in [6.45, 7) is 0.210. The van der Waals surface area contributed by atoms with Crippen LogP contribution < -0.4 is 4.90 Å². The molecule has 6 nitrogen and oxygen atoms in total. The molecule has 1 aliphatic carbocycles. The molecule has 2 fully saturated rings. The highest BCUT2D eigenvalue weighted by Gasteiger charge is 2.58. The molecule has 150 valence electrons. The predicted octanol–water partition coefficient (Wildman–Crippen LogP) is 3.43. The van der Waals surface area contributed by atoms with Gasteiger partial charge in [-0.3, -0.25) is 4.79 Å². The predicted molar refractivity (Wildman–Crippen MR) is 93.3 cm³/mol. The number of carbonyl (C=O) groups excluding carboxylic acids is 2. The first-order chi connectivity index (χ1) is 13.3. The van der Waals surface area contributed by atoms with Gasteiger partial charge in [-0.05, 0) is 43.9 Å². The smallest absolute Gasteiger partial charge is 0.396 e. The number of halogens is 3. The molecular weight excluding hydrogens is 375 g/mol. The van der Waals surface area contributed by atoms with Crippen LogP contribution in [0.3, 0.4) is 0 Å². The fraction of sp³-hybridized carbons (Fsp3) is 0.526. The van der Waals surface area contributed by atoms with Gasteiger partial charge in [0.25, 0.3) is 5.91 Å². The molecule has 3 amide bonds. The number of alkyl halides is 3. The van der Waals surface area contributed by atoms with Crippen molar-refractivity contribution in [2.45, 2.75) is 50.2 Å². The van der Waals surface area contributed by atoms with Crippen molar-refractivity contribution < 1.29 is 27.9 Å². The van der Waals surface area contributed by atoms with Gasteiger partial charge in [0.15, 0.2) is 0 Å². The second kappa shape index (κ2) is 7.43. The van der Waals surface area contributed by atoms with E-state index in [0.29, 0.717) is 31.7 Å². The number of hydrogen-bond acceptors (Lipinski definition) is 4. The van der Waals surface area contributed by atoms with Gasteiger partial charge in [-0.25, -0.2) is 9.69 Å². The largest absolute Gasteiger partial charge is 0.417 e. The van der Waals surface area contributed by atoms with Crippen LogP contribution in [0.2, 0.25) is 0 Å². The lowest BCUT2D eigenvalue weighted by molar-refractivity contribution is -0.137. The molecule has 28 heavy (non-hydrogen) atoms. The van der Waals surface area contributed by atoms with Gasteiger partial charge < -0.3 is 10.0 Å². The fourth-order valence-corrected chi connectivity index (χ4v) is 4.08. The number of aliphatic hydroxyl groups is 1. The third kappa shape index (κ3) is 3.22. The molecular formula is C19H20F3N3O3. The van der Waals surface area contributed by atoms with Crippen LogP contribution >= 0.6 is 0 Å². The van der Waals surface area contributed by atoms with E-state index in [-0.39, 0.29) is 18.8 Å². The zero-order valence-corrected chi connectivity index (χ0v) is 15.1. The lowest BCUT2D eigenvalue weighted by atomic mass is 9.95. The highest BCUT2D eigenvalue weighted by molar-refractivity contribution is 6.23. The molecule has 1 saturated heterocycles. The summed E-state index contributed by atoms with van der Waals surface area (Å²) in [7, 11) is 0. The Morgan fingerprint density at radius 3 is 2.43 bits per heavy atom. The molecule has 3 rings (SSSR count). The van der Waals surface area contributed by atoms with E-state index in [4.69, 9.17) is 10.4 Å². The molecule has 0 bridgehead atoms. The highest BCUT2D eigenvalue weighted by atomic mass is 19.4. The third-order valence-electron chi connectivity index (χ3n) is 5.45. The van der Waals surface area contributed by atoms with Crippen LogP contribution in [-0.2, 0) is 11.0 Å². The van der Waals surface area contributed by atoms with Crippen molar-refractivity contribution in [2.24, 2.45) is 0 Å². The van der Waals surface area contributed by atoms with Gasteiger partial charge in [-0.15, -0.1) is 0 Å². The van der Waals surface area contributed by atoms with Crippen LogP contribution in [-0.4, -0.2) is 40.6 Å². The van der Waals surface area contributed by atoms with Crippen LogP contribution in [0.1, 0.15) is 49.7 Å². The summed E-state index contributed by atoms with van der Waals surface area (Å²) in [5, 5.41) is 17.9. The standard InChI is InChI=1S/C19H20F3N3O3/c20-19(21,22)15-11-14(6-5-13(15)12-23)25-16(27)18(7-1-2-8-18)24(17(25)28)9-3-4-10-26/h5-6,11,26H,1-4,7-10H2. The van der Waals surface area contributed by atoms with E-state index in [1.165, 1.54) is 17.0 Å². The third-order valence-corrected chi connectivity index (χ3v) is 5.45. The summed E-state index contributed by atoms with van der Waals surface area (Å²) in [4.78, 5) is 28.4. The summed E-state index contributed by atoms with van der Waals surface area (Å²) in [6, 6.07) is 3.71. The maximum atomic E-state index is 13.3. The number of amides is 3. The molecule has 1 aliphatic heterocycles. The van der Waals surface area contributed by atoms with E-state index in [2.05, 4.69) is 0 Å². The van der Waals surface area contributed by atoms with Crippen molar-refractivity contribution in [1.29, 1.82) is 5.26 Å². The van der Waals surface area contributed by atoms with E-state index in [1.807, 2.05) is 0 Å². The quantitative estimate of drug-likeness (QED) is 0.612. The molecule has 1 spiro atoms. The molecule has 2 aliphatic rings. The van der Waals surface area contributed by atoms with Crippen molar-refractivity contribution in [2.75, 3.05) is 18.1 Å². The molecule has 0 atom stereocenters. The summed E-state index contributed by atoms with van der Waals surface area (Å²) in [5.74, 6) is -0.517. The topological polar surface area (TPSA) is 84.6 Å². The molecule has 1 heterocycles. The maximum absolute atomic E-state index is 13.3. The fourth-order valence-electron chi connectivity index (χ4n) is 4.08. The Balaban J connectivity index is 2.02. The first-order valence-corrected chi connectivity index (χ1v) is 9.14. The molecule has 0 unspecified atom stereocenters. The number of hydrogen-bond donors (Lipinski definition) is 1. The normalized spacial score (nSPS) is 19.0. The number of nitriles is 1. The second-order valence-corrected chi connectivity index (χ2v) is 7.08. The first-order valence-electron chi connectivity index (χ1n) is 9.14. The zero-order valence-electron chi connectivity index (χ0n) is 15.1. The van der Waals surface area contributed by atoms with E-state index in [0.717, 1.165) is 23.8 Å². The Hall–Kier alpha value is -2.60. The van der Waals surface area contributed by atoms with Gasteiger partial charge >= 0.3 is 12.2 Å². The Kier molecular flexibility index (Phi) is 5.35. The second-order valence-electron chi connectivity index (χ2n) is 7.08. The van der Waals surface area contributed by atoms with Crippen LogP contribution in [0, 0.1) is 11.3 Å². The SMILES string of the molecule is N#Cc1ccc(N2C(=O)N(CCCCO)C3(CCCC3)C2=O)cc1C(F)(F)F. The average molecular weight is 395 g/mol. The van der Waals surface area contributed by atoms with Crippen LogP contribution in [0.5, 0.6) is 0 Å². The van der Waals surface area contributed by atoms with Gasteiger partial charge in [0.1, 0.15) is 5.54 Å². The minimum Gasteiger partial charge on any atom is -0.396 e. The van der Waals surface area contributed by atoms with E-state index in [1.54, 1.807) is 0 Å². The van der Waals surface area contributed by atoms with Crippen LogP contribution in [0.15, 0.2) is 18.2 Å². The molecule has 1 N–H and O–H groups in total. The van der Waals surface area contributed by atoms with Gasteiger partial charge in [-0.2, -0.15) is 18.4 Å². The number of anilines is 1. The number of nitrogens with zero attached hydrogens (tertiary/aromatic N) is 3. The van der Waals surface area contributed by atoms with E-state index in [9.17, 15) is 22.8 Å². The first kappa shape index (κ1) is 20.1. The Morgan fingerprint density at radius 1 is 1.18 bits per heavy atom. The van der Waals surface area contributed by atoms with Crippen LogP contribution in [0.4, 0.5) is 23.7 Å². The summed E-state index contributed by atoms with van der Waals surface area (Å²) < 4.78 is 39.9. The number of unbranched alkanes of at least 4 members (excludes halogenated alkanes) is 1. The minimum atomic E-state index is -4.78. The number of aliphatic hydroxyl groups excluding tert-OH is 1. The number of urea groups is 1. The van der Waals surface area contributed by atoms with Crippen LogP contribution in [0.25, 0.3) is 0 Å². The van der Waals surface area contributed by atoms with E-state index >= 15 is 0 Å². The minimum absolute atomic E-state index is 0.0444. The number of benzene rings is 1. The molecule has 1 aromatic rings. The Morgan fingerprint density at radius 2 is 1.86 bits per heavy atom. The summed E-state index contributed by atoms with van der Waals surface area (Å²) in [5.41, 5.74) is -2.95. The van der Waals surface area contributed by atoms with Crippen molar-refractivity contribution >= 4 is 17.6 Å². The molecule has 9 heteroatoms. The van der Waals surface area contributed by atoms with Crippen molar-refractivity contribution in [3.05, 3.63) is 29.3 Å². The molecule has 0 aromatic heterocycles. The van der Waals surface area contributed by atoms with Crippen molar-refractivity contribution in [3.63, 3.8) is 0 Å². The van der Waals surface area contributed by atoms with Gasteiger partial charge in [0, 0.05) is 13.2 Å². The summed E-state index contributed by atoms with van der Waals surface area (Å²) in [6.07, 6.45) is -1.38. The van der Waals surface area contributed by atoms with Gasteiger partial charge in [0.2, 0.25) is 0 Å².